The van der Waals surface area contributed by atoms with Crippen LogP contribution in [0.4, 0.5) is 0 Å². The van der Waals surface area contributed by atoms with Gasteiger partial charge in [0, 0.05) is 12.1 Å². The molecule has 1 N–H and O–H groups in total. The number of halogens is 1. The molecule has 0 bridgehead atoms. The molecule has 2 rings (SSSR count). The average molecular weight is 325 g/mol. The summed E-state index contributed by atoms with van der Waals surface area (Å²) in [5.41, 5.74) is 1.76. The standard InChI is InChI=1S/C15H17ClN2O2S/c16-10-3-4-13-6-8-15(9-7-13)21(19,20)18-12-14-5-1-2-11-17-14/h1-2,5-9,11,18H,3-4,10,12H2. The molecule has 0 aliphatic carbocycles. The number of alkyl halides is 1. The van der Waals surface area contributed by atoms with Crippen molar-refractivity contribution in [3.8, 4) is 0 Å². The van der Waals surface area contributed by atoms with E-state index in [-0.39, 0.29) is 11.4 Å². The van der Waals surface area contributed by atoms with Crippen LogP contribution in [0.25, 0.3) is 0 Å². The third kappa shape index (κ3) is 4.81. The lowest BCUT2D eigenvalue weighted by Gasteiger charge is -2.07. The quantitative estimate of drug-likeness (QED) is 0.797. The molecule has 0 fully saturated rings. The molecule has 4 nitrogen and oxygen atoms in total. The highest BCUT2D eigenvalue weighted by atomic mass is 35.5. The van der Waals surface area contributed by atoms with Gasteiger partial charge in [0.25, 0.3) is 0 Å². The minimum Gasteiger partial charge on any atom is -0.260 e. The lowest BCUT2D eigenvalue weighted by molar-refractivity contribution is 0.580. The van der Waals surface area contributed by atoms with E-state index in [2.05, 4.69) is 9.71 Å². The fourth-order valence-electron chi connectivity index (χ4n) is 1.86. The monoisotopic (exact) mass is 324 g/mol. The number of aromatic nitrogens is 1. The van der Waals surface area contributed by atoms with E-state index in [9.17, 15) is 8.42 Å². The van der Waals surface area contributed by atoms with Gasteiger partial charge in [0.15, 0.2) is 0 Å². The second-order valence-corrected chi connectivity index (χ2v) is 6.73. The third-order valence-corrected chi connectivity index (χ3v) is 4.69. The maximum Gasteiger partial charge on any atom is 0.240 e. The average Bonchev–Trinajstić information content (AvgIpc) is 2.52. The first-order chi connectivity index (χ1) is 10.1. The number of hydrogen-bond acceptors (Lipinski definition) is 3. The van der Waals surface area contributed by atoms with Crippen LogP contribution in [-0.2, 0) is 23.0 Å². The molecular formula is C15H17ClN2O2S. The fraction of sp³-hybridized carbons (Fsp3) is 0.267. The summed E-state index contributed by atoms with van der Waals surface area (Å²) in [7, 11) is -3.51. The molecule has 1 aromatic carbocycles. The van der Waals surface area contributed by atoms with Crippen molar-refractivity contribution in [1.82, 2.24) is 9.71 Å². The number of hydrogen-bond donors (Lipinski definition) is 1. The van der Waals surface area contributed by atoms with Crippen LogP contribution < -0.4 is 4.72 Å². The Morgan fingerprint density at radius 2 is 1.86 bits per heavy atom. The van der Waals surface area contributed by atoms with Crippen molar-refractivity contribution >= 4 is 21.6 Å². The highest BCUT2D eigenvalue weighted by Crippen LogP contribution is 2.12. The molecule has 0 saturated heterocycles. The lowest BCUT2D eigenvalue weighted by atomic mass is 10.1. The topological polar surface area (TPSA) is 59.1 Å². The van der Waals surface area contributed by atoms with Gasteiger partial charge >= 0.3 is 0 Å². The van der Waals surface area contributed by atoms with E-state index in [0.29, 0.717) is 11.6 Å². The molecule has 0 spiro atoms. The Hall–Kier alpha value is -1.43. The van der Waals surface area contributed by atoms with Crippen molar-refractivity contribution in [1.29, 1.82) is 0 Å². The number of pyridine rings is 1. The zero-order valence-corrected chi connectivity index (χ0v) is 13.1. The Morgan fingerprint density at radius 3 is 2.48 bits per heavy atom. The fourth-order valence-corrected chi connectivity index (χ4v) is 2.99. The first-order valence-electron chi connectivity index (χ1n) is 6.66. The van der Waals surface area contributed by atoms with Crippen molar-refractivity contribution in [2.75, 3.05) is 5.88 Å². The molecule has 0 amide bonds. The van der Waals surface area contributed by atoms with E-state index < -0.39 is 10.0 Å². The van der Waals surface area contributed by atoms with Gasteiger partial charge < -0.3 is 0 Å². The maximum atomic E-state index is 12.2. The first-order valence-corrected chi connectivity index (χ1v) is 8.68. The van der Waals surface area contributed by atoms with Crippen molar-refractivity contribution in [3.63, 3.8) is 0 Å². The minimum absolute atomic E-state index is 0.178. The second-order valence-electron chi connectivity index (χ2n) is 4.58. The normalized spacial score (nSPS) is 11.5. The Labute approximate surface area is 130 Å². The smallest absolute Gasteiger partial charge is 0.240 e. The number of nitrogens with zero attached hydrogens (tertiary/aromatic N) is 1. The predicted molar refractivity (Wildman–Crippen MR) is 83.7 cm³/mol. The Balaban J connectivity index is 2.02. The largest absolute Gasteiger partial charge is 0.260 e. The van der Waals surface area contributed by atoms with Gasteiger partial charge in [-0.25, -0.2) is 13.1 Å². The van der Waals surface area contributed by atoms with E-state index in [0.717, 1.165) is 18.4 Å². The van der Waals surface area contributed by atoms with Crippen molar-refractivity contribution < 1.29 is 8.42 Å². The maximum absolute atomic E-state index is 12.2. The van der Waals surface area contributed by atoms with E-state index in [1.165, 1.54) is 0 Å². The molecule has 0 saturated carbocycles. The molecular weight excluding hydrogens is 308 g/mol. The molecule has 1 aromatic heterocycles. The van der Waals surface area contributed by atoms with Crippen molar-refractivity contribution in [3.05, 3.63) is 59.9 Å². The zero-order chi connectivity index (χ0) is 15.1. The zero-order valence-electron chi connectivity index (χ0n) is 11.5. The molecule has 112 valence electrons. The van der Waals surface area contributed by atoms with Crippen LogP contribution in [-0.4, -0.2) is 19.3 Å². The Kier molecular flexibility index (Phi) is 5.73. The second kappa shape index (κ2) is 7.54. The Bertz CT molecular complexity index is 658. The molecule has 0 aliphatic rings. The summed E-state index contributed by atoms with van der Waals surface area (Å²) in [6.07, 6.45) is 3.37. The van der Waals surface area contributed by atoms with Gasteiger partial charge in [-0.1, -0.05) is 18.2 Å². The van der Waals surface area contributed by atoms with E-state index in [1.54, 1.807) is 30.5 Å². The van der Waals surface area contributed by atoms with E-state index >= 15 is 0 Å². The summed E-state index contributed by atoms with van der Waals surface area (Å²) in [6.45, 7) is 0.178. The van der Waals surface area contributed by atoms with E-state index in [4.69, 9.17) is 11.6 Å². The summed E-state index contributed by atoms with van der Waals surface area (Å²) >= 11 is 5.64. The SMILES string of the molecule is O=S(=O)(NCc1ccccn1)c1ccc(CCCCl)cc1. The number of sulfonamides is 1. The number of nitrogens with one attached hydrogen (secondary N) is 1. The summed E-state index contributed by atoms with van der Waals surface area (Å²) < 4.78 is 26.9. The van der Waals surface area contributed by atoms with Gasteiger partial charge in [-0.3, -0.25) is 4.98 Å². The Morgan fingerprint density at radius 1 is 1.10 bits per heavy atom. The number of aryl methyl sites for hydroxylation is 1. The van der Waals surface area contributed by atoms with Crippen LogP contribution >= 0.6 is 11.6 Å². The van der Waals surface area contributed by atoms with Crippen molar-refractivity contribution in [2.24, 2.45) is 0 Å². The van der Waals surface area contributed by atoms with Gasteiger partial charge in [0.1, 0.15) is 0 Å². The molecule has 2 aromatic rings. The molecule has 21 heavy (non-hydrogen) atoms. The van der Waals surface area contributed by atoms with Crippen LogP contribution in [0.5, 0.6) is 0 Å². The summed E-state index contributed by atoms with van der Waals surface area (Å²) in [5, 5.41) is 0. The van der Waals surface area contributed by atoms with Crippen LogP contribution in [0.1, 0.15) is 17.7 Å². The van der Waals surface area contributed by atoms with Gasteiger partial charge in [0.2, 0.25) is 10.0 Å². The highest BCUT2D eigenvalue weighted by Gasteiger charge is 2.13. The number of benzene rings is 1. The van der Waals surface area contributed by atoms with Gasteiger partial charge in [0.05, 0.1) is 17.1 Å². The van der Waals surface area contributed by atoms with E-state index in [1.807, 2.05) is 18.2 Å². The lowest BCUT2D eigenvalue weighted by Crippen LogP contribution is -2.23. The van der Waals surface area contributed by atoms with Crippen LogP contribution in [0, 0.1) is 0 Å². The van der Waals surface area contributed by atoms with Crippen molar-refractivity contribution in [2.45, 2.75) is 24.3 Å². The molecule has 0 unspecified atom stereocenters. The molecule has 0 radical (unpaired) electrons. The van der Waals surface area contributed by atoms with Gasteiger partial charge in [-0.2, -0.15) is 0 Å². The number of rotatable bonds is 7. The first kappa shape index (κ1) is 15.9. The molecule has 6 heteroatoms. The summed E-state index contributed by atoms with van der Waals surface area (Å²) in [4.78, 5) is 4.34. The summed E-state index contributed by atoms with van der Waals surface area (Å²) in [5.74, 6) is 0.603. The van der Waals surface area contributed by atoms with Crippen LogP contribution in [0.3, 0.4) is 0 Å². The highest BCUT2D eigenvalue weighted by molar-refractivity contribution is 7.89. The molecule has 0 aliphatic heterocycles. The van der Waals surface area contributed by atoms with Crippen LogP contribution in [0.15, 0.2) is 53.6 Å². The van der Waals surface area contributed by atoms with Gasteiger partial charge in [-0.15, -0.1) is 11.6 Å². The third-order valence-electron chi connectivity index (χ3n) is 3.00. The van der Waals surface area contributed by atoms with Gasteiger partial charge in [-0.05, 0) is 42.7 Å². The summed E-state index contributed by atoms with van der Waals surface area (Å²) in [6, 6.07) is 12.3. The predicted octanol–water partition coefficient (Wildman–Crippen LogP) is 2.73. The van der Waals surface area contributed by atoms with Crippen LogP contribution in [0.2, 0.25) is 0 Å². The molecule has 0 atom stereocenters. The minimum atomic E-state index is -3.51. The molecule has 1 heterocycles.